The number of aliphatic hydroxyl groups excluding tert-OH is 1. The number of cyclic esters (lactones) is 1. The highest BCUT2D eigenvalue weighted by atomic mass is 19.1. The summed E-state index contributed by atoms with van der Waals surface area (Å²) in [6.45, 7) is 7.91. The minimum atomic E-state index is -1.02. The van der Waals surface area contributed by atoms with Crippen LogP contribution in [0.15, 0.2) is 103 Å². The third-order valence-electron chi connectivity index (χ3n) is 10.0. The number of hydrogen-bond acceptors (Lipinski definition) is 7. The number of halogens is 2. The first-order valence-corrected chi connectivity index (χ1v) is 16.8. The number of rotatable bonds is 11. The molecular weight excluding hydrogens is 642 g/mol. The fraction of sp³-hybridized carbons (Fsp3) is 0.350. The molecule has 8 nitrogen and oxygen atoms in total. The summed E-state index contributed by atoms with van der Waals surface area (Å²) < 4.78 is 45.6. The van der Waals surface area contributed by atoms with Gasteiger partial charge in [0.05, 0.1) is 29.3 Å². The Morgan fingerprint density at radius 3 is 1.96 bits per heavy atom. The van der Waals surface area contributed by atoms with Crippen molar-refractivity contribution in [1.29, 1.82) is 0 Å². The Balaban J connectivity index is 1.38. The highest BCUT2D eigenvalue weighted by molar-refractivity contribution is 5.95. The smallest absolute Gasteiger partial charge is 0.417 e. The predicted molar refractivity (Wildman–Crippen MR) is 184 cm³/mol. The molecular formula is C40H42F2N2O6. The number of amides is 2. The zero-order chi connectivity index (χ0) is 35.6. The second-order valence-corrected chi connectivity index (χ2v) is 13.8. The third-order valence-corrected chi connectivity index (χ3v) is 10.0. The molecule has 50 heavy (non-hydrogen) atoms. The summed E-state index contributed by atoms with van der Waals surface area (Å²) >= 11 is 0. The van der Waals surface area contributed by atoms with E-state index in [1.807, 2.05) is 82.3 Å². The van der Waals surface area contributed by atoms with Crippen LogP contribution in [0.25, 0.3) is 0 Å². The second-order valence-electron chi connectivity index (χ2n) is 13.8. The molecule has 2 fully saturated rings. The lowest BCUT2D eigenvalue weighted by Gasteiger charge is -2.33. The first kappa shape index (κ1) is 35.2. The number of benzene rings is 4. The van der Waals surface area contributed by atoms with E-state index in [4.69, 9.17) is 14.2 Å². The summed E-state index contributed by atoms with van der Waals surface area (Å²) in [4.78, 5) is 29.2. The number of ether oxygens (including phenoxy) is 3. The van der Waals surface area contributed by atoms with Crippen molar-refractivity contribution in [3.63, 3.8) is 0 Å². The van der Waals surface area contributed by atoms with E-state index in [0.29, 0.717) is 16.8 Å². The summed E-state index contributed by atoms with van der Waals surface area (Å²) in [5.41, 5.74) is 2.20. The van der Waals surface area contributed by atoms with Gasteiger partial charge in [-0.05, 0) is 93.6 Å². The molecule has 2 aliphatic rings. The Kier molecular flexibility index (Phi) is 10.1. The van der Waals surface area contributed by atoms with Gasteiger partial charge >= 0.3 is 6.09 Å². The summed E-state index contributed by atoms with van der Waals surface area (Å²) in [7, 11) is 0. The van der Waals surface area contributed by atoms with Crippen molar-refractivity contribution in [3.8, 4) is 0 Å². The number of aliphatic hydroxyl groups is 1. The number of carbonyl (C=O) groups excluding carboxylic acids is 2. The van der Waals surface area contributed by atoms with Gasteiger partial charge in [-0.2, -0.15) is 0 Å². The lowest BCUT2D eigenvalue weighted by atomic mass is 9.85. The van der Waals surface area contributed by atoms with E-state index < -0.39 is 65.2 Å². The number of hydrogen-bond donors (Lipinski definition) is 2. The van der Waals surface area contributed by atoms with Crippen LogP contribution in [0.5, 0.6) is 0 Å². The maximum Gasteiger partial charge on any atom is 0.417 e. The van der Waals surface area contributed by atoms with E-state index in [1.165, 1.54) is 36.4 Å². The van der Waals surface area contributed by atoms with Gasteiger partial charge in [-0.1, -0.05) is 66.7 Å². The van der Waals surface area contributed by atoms with Crippen molar-refractivity contribution in [3.05, 3.63) is 137 Å². The molecule has 0 aliphatic carbocycles. The van der Waals surface area contributed by atoms with E-state index >= 15 is 0 Å². The molecule has 4 atom stereocenters. The molecule has 0 radical (unpaired) electrons. The molecule has 0 aromatic heterocycles. The molecule has 2 heterocycles. The standard InChI is InChI=1S/C40H42F2N2O6/c1-39(2)40(3,4)50-37(49-39)28-12-10-27(11-13-28)35(43-31-20-18-30(42)19-21-31)32(22-23-34(45)26-14-16-29(41)17-15-26)36(46)44-33(24-48-38(44)47)25-8-6-5-7-9-25/h5-21,32-35,37,43,45H,22-24H2,1-4H3. The van der Waals surface area contributed by atoms with Crippen molar-refractivity contribution in [2.75, 3.05) is 11.9 Å². The Morgan fingerprint density at radius 2 is 1.36 bits per heavy atom. The molecule has 4 aromatic rings. The van der Waals surface area contributed by atoms with E-state index in [1.54, 1.807) is 12.1 Å². The maximum absolute atomic E-state index is 14.8. The van der Waals surface area contributed by atoms with E-state index in [-0.39, 0.29) is 19.4 Å². The third kappa shape index (κ3) is 7.43. The van der Waals surface area contributed by atoms with Crippen molar-refractivity contribution < 1.29 is 37.7 Å². The average Bonchev–Trinajstić information content (AvgIpc) is 3.59. The first-order chi connectivity index (χ1) is 23.8. The zero-order valence-electron chi connectivity index (χ0n) is 28.5. The van der Waals surface area contributed by atoms with Gasteiger partial charge in [-0.3, -0.25) is 4.79 Å². The van der Waals surface area contributed by atoms with Crippen LogP contribution in [0.2, 0.25) is 0 Å². The molecule has 6 rings (SSSR count). The van der Waals surface area contributed by atoms with Gasteiger partial charge < -0.3 is 24.6 Å². The fourth-order valence-corrected chi connectivity index (χ4v) is 6.37. The molecule has 262 valence electrons. The second kappa shape index (κ2) is 14.3. The number of carbonyl (C=O) groups is 2. The Morgan fingerprint density at radius 1 is 0.800 bits per heavy atom. The monoisotopic (exact) mass is 684 g/mol. The molecule has 10 heteroatoms. The molecule has 2 amide bonds. The van der Waals surface area contributed by atoms with Gasteiger partial charge in [-0.25, -0.2) is 18.5 Å². The lowest BCUT2D eigenvalue weighted by molar-refractivity contribution is -0.134. The highest BCUT2D eigenvalue weighted by Crippen LogP contribution is 2.45. The average molecular weight is 685 g/mol. The minimum absolute atomic E-state index is 0.00164. The van der Waals surface area contributed by atoms with Crippen LogP contribution >= 0.6 is 0 Å². The fourth-order valence-electron chi connectivity index (χ4n) is 6.37. The molecule has 2 N–H and O–H groups in total. The van der Waals surface area contributed by atoms with Crippen LogP contribution in [0.1, 0.15) is 87.3 Å². The SMILES string of the molecule is CC1(C)OC(c2ccc(C(Nc3ccc(F)cc3)C(CCC(O)c3ccc(F)cc3)C(=O)N3C(=O)OCC3c3ccccc3)cc2)OC1(C)C. The van der Waals surface area contributed by atoms with Crippen LogP contribution < -0.4 is 5.32 Å². The summed E-state index contributed by atoms with van der Waals surface area (Å²) in [5, 5.41) is 14.6. The van der Waals surface area contributed by atoms with Crippen LogP contribution in [0.4, 0.5) is 19.3 Å². The Hall–Kier alpha value is -4.64. The predicted octanol–water partition coefficient (Wildman–Crippen LogP) is 8.57. The van der Waals surface area contributed by atoms with Gasteiger partial charge in [-0.15, -0.1) is 0 Å². The van der Waals surface area contributed by atoms with Gasteiger partial charge in [0.1, 0.15) is 24.3 Å². The van der Waals surface area contributed by atoms with Gasteiger partial charge in [0, 0.05) is 11.3 Å². The van der Waals surface area contributed by atoms with Crippen LogP contribution in [0, 0.1) is 17.6 Å². The molecule has 2 saturated heterocycles. The number of anilines is 1. The van der Waals surface area contributed by atoms with Crippen LogP contribution in [0.3, 0.4) is 0 Å². The largest absolute Gasteiger partial charge is 0.446 e. The normalized spacial score (nSPS) is 20.3. The van der Waals surface area contributed by atoms with Gasteiger partial charge in [0.25, 0.3) is 0 Å². The topological polar surface area (TPSA) is 97.3 Å². The van der Waals surface area contributed by atoms with E-state index in [0.717, 1.165) is 16.0 Å². The van der Waals surface area contributed by atoms with Crippen molar-refractivity contribution in [2.24, 2.45) is 5.92 Å². The first-order valence-electron chi connectivity index (χ1n) is 16.8. The van der Waals surface area contributed by atoms with Crippen molar-refractivity contribution in [1.82, 2.24) is 4.90 Å². The van der Waals surface area contributed by atoms with Crippen LogP contribution in [-0.4, -0.2) is 39.8 Å². The number of nitrogens with one attached hydrogen (secondary N) is 1. The number of imide groups is 1. The summed E-state index contributed by atoms with van der Waals surface area (Å²) in [6.07, 6.45) is -2.13. The zero-order valence-corrected chi connectivity index (χ0v) is 28.5. The molecule has 2 aliphatic heterocycles. The van der Waals surface area contributed by atoms with Crippen LogP contribution in [-0.2, 0) is 19.0 Å². The Bertz CT molecular complexity index is 1770. The summed E-state index contributed by atoms with van der Waals surface area (Å²) in [5.74, 6) is -2.27. The highest BCUT2D eigenvalue weighted by Gasteiger charge is 2.49. The number of nitrogens with zero attached hydrogens (tertiary/aromatic N) is 1. The molecule has 4 aromatic carbocycles. The Labute approximate surface area is 291 Å². The molecule has 0 spiro atoms. The molecule has 4 unspecified atom stereocenters. The molecule has 0 bridgehead atoms. The van der Waals surface area contributed by atoms with Gasteiger partial charge in [0.15, 0.2) is 6.29 Å². The van der Waals surface area contributed by atoms with Gasteiger partial charge in [0.2, 0.25) is 5.91 Å². The minimum Gasteiger partial charge on any atom is -0.446 e. The van der Waals surface area contributed by atoms with E-state index in [2.05, 4.69) is 5.32 Å². The van der Waals surface area contributed by atoms with E-state index in [9.17, 15) is 23.5 Å². The quantitative estimate of drug-likeness (QED) is 0.163. The lowest BCUT2D eigenvalue weighted by Crippen LogP contribution is -2.42. The van der Waals surface area contributed by atoms with Crippen molar-refractivity contribution in [2.45, 2.75) is 76.2 Å². The van der Waals surface area contributed by atoms with Crippen molar-refractivity contribution >= 4 is 17.7 Å². The molecule has 0 saturated carbocycles. The summed E-state index contributed by atoms with van der Waals surface area (Å²) in [6, 6.07) is 26.6. The maximum atomic E-state index is 14.8.